The summed E-state index contributed by atoms with van der Waals surface area (Å²) >= 11 is 9.88. The van der Waals surface area contributed by atoms with Crippen LogP contribution in [0.25, 0.3) is 0 Å². The maximum Gasteiger partial charge on any atom is 0.0701 e. The van der Waals surface area contributed by atoms with Crippen molar-refractivity contribution in [2.24, 2.45) is 11.8 Å². The number of rotatable bonds is 1. The topological polar surface area (TPSA) is 29.3 Å². The van der Waals surface area contributed by atoms with Gasteiger partial charge >= 0.3 is 0 Å². The highest BCUT2D eigenvalue weighted by Crippen LogP contribution is 2.38. The number of halogens is 2. The molecule has 0 unspecified atom stereocenters. The van der Waals surface area contributed by atoms with E-state index in [-0.39, 0.29) is 0 Å². The van der Waals surface area contributed by atoms with Gasteiger partial charge in [-0.15, -0.1) is 0 Å². The fourth-order valence-electron chi connectivity index (χ4n) is 2.73. The predicted octanol–water partition coefficient (Wildman–Crippen LogP) is 4.17. The highest BCUT2D eigenvalue weighted by Gasteiger charge is 2.24. The zero-order valence-corrected chi connectivity index (χ0v) is 12.6. The van der Waals surface area contributed by atoms with E-state index in [4.69, 9.17) is 17.3 Å². The first-order valence-corrected chi connectivity index (χ1v) is 7.14. The van der Waals surface area contributed by atoms with Crippen LogP contribution < -0.4 is 10.6 Å². The van der Waals surface area contributed by atoms with E-state index in [0.717, 1.165) is 28.3 Å². The number of benzene rings is 1. The normalized spacial score (nSPS) is 25.1. The van der Waals surface area contributed by atoms with Crippen molar-refractivity contribution in [2.75, 3.05) is 23.7 Å². The molecular weight excluding hydrogens is 300 g/mol. The Bertz CT molecular complexity index is 389. The summed E-state index contributed by atoms with van der Waals surface area (Å²) in [6.45, 7) is 6.71. The molecule has 1 saturated heterocycles. The third-order valence-electron chi connectivity index (χ3n) is 3.22. The van der Waals surface area contributed by atoms with Gasteiger partial charge in [-0.1, -0.05) is 25.4 Å². The molecule has 1 aliphatic rings. The number of hydrogen-bond donors (Lipinski definition) is 1. The molecule has 0 amide bonds. The number of anilines is 2. The number of nitrogens with zero attached hydrogens (tertiary/aromatic N) is 1. The summed E-state index contributed by atoms with van der Waals surface area (Å²) in [6.07, 6.45) is 1.29. The van der Waals surface area contributed by atoms with Crippen LogP contribution in [0.1, 0.15) is 20.3 Å². The first-order chi connectivity index (χ1) is 7.97. The van der Waals surface area contributed by atoms with E-state index in [1.807, 2.05) is 12.1 Å². The van der Waals surface area contributed by atoms with Gasteiger partial charge in [0.05, 0.1) is 10.7 Å². The monoisotopic (exact) mass is 316 g/mol. The van der Waals surface area contributed by atoms with Crippen molar-refractivity contribution in [1.82, 2.24) is 0 Å². The summed E-state index contributed by atoms with van der Waals surface area (Å²) < 4.78 is 0.990. The van der Waals surface area contributed by atoms with Crippen molar-refractivity contribution >= 4 is 38.9 Å². The zero-order valence-electron chi connectivity index (χ0n) is 10.2. The Kier molecular flexibility index (Phi) is 3.88. The van der Waals surface area contributed by atoms with Crippen LogP contribution >= 0.6 is 27.5 Å². The van der Waals surface area contributed by atoms with E-state index in [1.165, 1.54) is 6.42 Å². The molecule has 0 bridgehead atoms. The first-order valence-electron chi connectivity index (χ1n) is 5.97. The molecule has 0 radical (unpaired) electrons. The zero-order chi connectivity index (χ0) is 12.6. The molecular formula is C13H18BrClN2. The lowest BCUT2D eigenvalue weighted by molar-refractivity contribution is 0.356. The molecule has 2 nitrogen and oxygen atoms in total. The van der Waals surface area contributed by atoms with Gasteiger partial charge in [-0.2, -0.15) is 0 Å². The lowest BCUT2D eigenvalue weighted by Gasteiger charge is -2.37. The number of hydrogen-bond acceptors (Lipinski definition) is 2. The first kappa shape index (κ1) is 13.0. The molecule has 0 spiro atoms. The molecule has 2 atom stereocenters. The summed E-state index contributed by atoms with van der Waals surface area (Å²) in [5.41, 5.74) is 7.56. The van der Waals surface area contributed by atoms with Gasteiger partial charge in [-0.25, -0.2) is 0 Å². The molecule has 4 heteroatoms. The highest BCUT2D eigenvalue weighted by atomic mass is 79.9. The fraction of sp³-hybridized carbons (Fsp3) is 0.538. The van der Waals surface area contributed by atoms with Gasteiger partial charge in [-0.3, -0.25) is 0 Å². The van der Waals surface area contributed by atoms with Crippen molar-refractivity contribution in [3.05, 3.63) is 21.6 Å². The molecule has 1 fully saturated rings. The lowest BCUT2D eigenvalue weighted by atomic mass is 9.91. The minimum atomic E-state index is 0.698. The molecule has 0 aromatic heterocycles. The van der Waals surface area contributed by atoms with Crippen LogP contribution in [0, 0.1) is 11.8 Å². The SMILES string of the molecule is C[C@@H]1C[C@@H](C)CN(c2c(Cl)cc(N)cc2Br)C1. The summed E-state index contributed by atoms with van der Waals surface area (Å²) in [7, 11) is 0. The van der Waals surface area contributed by atoms with Crippen LogP contribution in [0.5, 0.6) is 0 Å². The summed E-state index contributed by atoms with van der Waals surface area (Å²) in [5, 5.41) is 0.734. The van der Waals surface area contributed by atoms with Crippen molar-refractivity contribution in [2.45, 2.75) is 20.3 Å². The quantitative estimate of drug-likeness (QED) is 0.788. The van der Waals surface area contributed by atoms with Gasteiger partial charge in [0.15, 0.2) is 0 Å². The summed E-state index contributed by atoms with van der Waals surface area (Å²) in [4.78, 5) is 2.37. The average Bonchev–Trinajstić information content (AvgIpc) is 2.13. The van der Waals surface area contributed by atoms with E-state index in [9.17, 15) is 0 Å². The Morgan fingerprint density at radius 1 is 1.29 bits per heavy atom. The Balaban J connectivity index is 2.33. The van der Waals surface area contributed by atoms with Crippen LogP contribution in [0.3, 0.4) is 0 Å². The lowest BCUT2D eigenvalue weighted by Crippen LogP contribution is -2.39. The minimum Gasteiger partial charge on any atom is -0.399 e. The maximum atomic E-state index is 6.31. The Labute approximate surface area is 116 Å². The number of piperidine rings is 1. The third kappa shape index (κ3) is 2.89. The van der Waals surface area contributed by atoms with E-state index >= 15 is 0 Å². The van der Waals surface area contributed by atoms with Crippen LogP contribution in [-0.2, 0) is 0 Å². The maximum absolute atomic E-state index is 6.31. The van der Waals surface area contributed by atoms with Gasteiger partial charge in [0.25, 0.3) is 0 Å². The Hall–Kier alpha value is -0.410. The Morgan fingerprint density at radius 2 is 1.88 bits per heavy atom. The van der Waals surface area contributed by atoms with Gasteiger partial charge in [0.2, 0.25) is 0 Å². The Morgan fingerprint density at radius 3 is 2.41 bits per heavy atom. The molecule has 2 N–H and O–H groups in total. The van der Waals surface area contributed by atoms with Gasteiger partial charge in [-0.05, 0) is 46.3 Å². The van der Waals surface area contributed by atoms with Gasteiger partial charge < -0.3 is 10.6 Å². The second-order valence-corrected chi connectivity index (χ2v) is 6.45. The van der Waals surface area contributed by atoms with Crippen molar-refractivity contribution in [1.29, 1.82) is 0 Å². The molecule has 2 rings (SSSR count). The summed E-state index contributed by atoms with van der Waals surface area (Å²) in [5.74, 6) is 1.42. The largest absolute Gasteiger partial charge is 0.399 e. The minimum absolute atomic E-state index is 0.698. The second kappa shape index (κ2) is 5.07. The van der Waals surface area contributed by atoms with Crippen LogP contribution in [-0.4, -0.2) is 13.1 Å². The second-order valence-electron chi connectivity index (χ2n) is 5.18. The molecule has 94 valence electrons. The van der Waals surface area contributed by atoms with Crippen molar-refractivity contribution < 1.29 is 0 Å². The van der Waals surface area contributed by atoms with Crippen LogP contribution in [0.4, 0.5) is 11.4 Å². The van der Waals surface area contributed by atoms with E-state index in [0.29, 0.717) is 17.5 Å². The third-order valence-corrected chi connectivity index (χ3v) is 4.12. The van der Waals surface area contributed by atoms with Crippen LogP contribution in [0.15, 0.2) is 16.6 Å². The molecule has 1 aromatic carbocycles. The van der Waals surface area contributed by atoms with Crippen LogP contribution in [0.2, 0.25) is 5.02 Å². The standard InChI is InChI=1S/C13H18BrClN2/c1-8-3-9(2)7-17(6-8)13-11(14)4-10(16)5-12(13)15/h4-5,8-9H,3,6-7,16H2,1-2H3/t8-,9-/m1/s1. The smallest absolute Gasteiger partial charge is 0.0701 e. The molecule has 0 saturated carbocycles. The van der Waals surface area contributed by atoms with Gasteiger partial charge in [0.1, 0.15) is 0 Å². The predicted molar refractivity (Wildman–Crippen MR) is 78.7 cm³/mol. The molecule has 17 heavy (non-hydrogen) atoms. The van der Waals surface area contributed by atoms with E-state index in [2.05, 4.69) is 34.7 Å². The van der Waals surface area contributed by atoms with E-state index in [1.54, 1.807) is 0 Å². The molecule has 1 aromatic rings. The van der Waals surface area contributed by atoms with E-state index < -0.39 is 0 Å². The highest BCUT2D eigenvalue weighted by molar-refractivity contribution is 9.10. The number of nitrogen functional groups attached to an aromatic ring is 1. The number of nitrogens with two attached hydrogens (primary N) is 1. The fourth-order valence-corrected chi connectivity index (χ4v) is 3.92. The molecule has 0 aliphatic carbocycles. The summed E-state index contributed by atoms with van der Waals surface area (Å²) in [6, 6.07) is 3.75. The molecule has 1 heterocycles. The average molecular weight is 318 g/mol. The van der Waals surface area contributed by atoms with Crippen molar-refractivity contribution in [3.8, 4) is 0 Å². The molecule has 1 aliphatic heterocycles. The van der Waals surface area contributed by atoms with Gasteiger partial charge in [0, 0.05) is 23.2 Å². The van der Waals surface area contributed by atoms with Crippen molar-refractivity contribution in [3.63, 3.8) is 0 Å².